The molecule has 1 saturated heterocycles. The number of benzene rings is 1. The maximum Gasteiger partial charge on any atom is 0.254 e. The Hall–Kier alpha value is -2.31. The lowest BCUT2D eigenvalue weighted by atomic mass is 10.0. The first-order valence-corrected chi connectivity index (χ1v) is 8.30. The van der Waals surface area contributed by atoms with Crippen LogP contribution in [0.5, 0.6) is 11.5 Å². The lowest BCUT2D eigenvalue weighted by Crippen LogP contribution is -2.48. The van der Waals surface area contributed by atoms with Gasteiger partial charge in [0.15, 0.2) is 0 Å². The molecule has 140 valence electrons. The first-order chi connectivity index (χ1) is 12.2. The molecule has 1 amide bonds. The summed E-state index contributed by atoms with van der Waals surface area (Å²) in [5.74, 6) is 1.26. The van der Waals surface area contributed by atoms with Crippen molar-refractivity contribution in [3.8, 4) is 11.5 Å². The Balaban J connectivity index is 0.00000243. The fourth-order valence-electron chi connectivity index (χ4n) is 3.19. The molecule has 0 aliphatic carbocycles. The van der Waals surface area contributed by atoms with E-state index in [-0.39, 0.29) is 24.4 Å². The second-order valence-electron chi connectivity index (χ2n) is 6.01. The molecular formula is C19H24ClN3O3. The summed E-state index contributed by atoms with van der Waals surface area (Å²) in [6.45, 7) is 4.02. The summed E-state index contributed by atoms with van der Waals surface area (Å²) in [5.41, 5.74) is 2.47. The van der Waals surface area contributed by atoms with Crippen LogP contribution in [0.25, 0.3) is 0 Å². The number of nitrogens with one attached hydrogen (secondary N) is 1. The molecule has 0 spiro atoms. The van der Waals surface area contributed by atoms with Crippen LogP contribution in [0.4, 0.5) is 0 Å². The highest BCUT2D eigenvalue weighted by Crippen LogP contribution is 2.31. The highest BCUT2D eigenvalue weighted by Gasteiger charge is 2.29. The second-order valence-corrected chi connectivity index (χ2v) is 6.01. The summed E-state index contributed by atoms with van der Waals surface area (Å²) in [7, 11) is 3.19. The summed E-state index contributed by atoms with van der Waals surface area (Å²) in [4.78, 5) is 19.3. The Bertz CT molecular complexity index is 730. The highest BCUT2D eigenvalue weighted by atomic mass is 35.5. The monoisotopic (exact) mass is 377 g/mol. The van der Waals surface area contributed by atoms with Crippen molar-refractivity contribution in [1.29, 1.82) is 0 Å². The third-order valence-electron chi connectivity index (χ3n) is 4.57. The number of hydrogen-bond acceptors (Lipinski definition) is 5. The maximum absolute atomic E-state index is 13.2. The number of rotatable bonds is 4. The Labute approximate surface area is 159 Å². The largest absolute Gasteiger partial charge is 0.496 e. The van der Waals surface area contributed by atoms with Crippen molar-refractivity contribution in [1.82, 2.24) is 15.2 Å². The Morgan fingerprint density at radius 1 is 1.27 bits per heavy atom. The Kier molecular flexibility index (Phi) is 6.83. The van der Waals surface area contributed by atoms with Gasteiger partial charge in [-0.05, 0) is 30.7 Å². The van der Waals surface area contributed by atoms with Crippen molar-refractivity contribution in [2.75, 3.05) is 33.9 Å². The number of ether oxygens (including phenoxy) is 2. The van der Waals surface area contributed by atoms with E-state index in [0.29, 0.717) is 30.2 Å². The second kappa shape index (κ2) is 8.87. The third kappa shape index (κ3) is 3.92. The summed E-state index contributed by atoms with van der Waals surface area (Å²) in [6, 6.07) is 7.41. The first-order valence-electron chi connectivity index (χ1n) is 8.30. The molecule has 3 rings (SSSR count). The van der Waals surface area contributed by atoms with E-state index in [2.05, 4.69) is 10.3 Å². The first kappa shape index (κ1) is 20.0. The lowest BCUT2D eigenvalue weighted by molar-refractivity contribution is 0.0633. The number of halogens is 1. The summed E-state index contributed by atoms with van der Waals surface area (Å²) in [5, 5.41) is 3.35. The van der Waals surface area contributed by atoms with Crippen LogP contribution < -0.4 is 14.8 Å². The van der Waals surface area contributed by atoms with Crippen LogP contribution in [-0.2, 0) is 0 Å². The molecule has 1 aliphatic rings. The van der Waals surface area contributed by atoms with Crippen molar-refractivity contribution in [3.63, 3.8) is 0 Å². The molecule has 7 heteroatoms. The number of nitrogens with zero attached hydrogens (tertiary/aromatic N) is 2. The van der Waals surface area contributed by atoms with Gasteiger partial charge in [-0.1, -0.05) is 6.07 Å². The fourth-order valence-corrected chi connectivity index (χ4v) is 3.19. The van der Waals surface area contributed by atoms with Gasteiger partial charge in [-0.3, -0.25) is 9.78 Å². The van der Waals surface area contributed by atoms with Crippen molar-refractivity contribution >= 4 is 18.3 Å². The smallest absolute Gasteiger partial charge is 0.254 e. The van der Waals surface area contributed by atoms with Crippen LogP contribution in [0.3, 0.4) is 0 Å². The van der Waals surface area contributed by atoms with Crippen molar-refractivity contribution in [2.45, 2.75) is 13.0 Å². The van der Waals surface area contributed by atoms with Gasteiger partial charge in [-0.2, -0.15) is 0 Å². The van der Waals surface area contributed by atoms with E-state index in [1.807, 2.05) is 30.2 Å². The molecule has 1 fully saturated rings. The van der Waals surface area contributed by atoms with E-state index >= 15 is 0 Å². The molecule has 1 atom stereocenters. The molecule has 1 unspecified atom stereocenters. The third-order valence-corrected chi connectivity index (χ3v) is 4.57. The molecule has 1 aromatic carbocycles. The van der Waals surface area contributed by atoms with E-state index in [0.717, 1.165) is 17.7 Å². The van der Waals surface area contributed by atoms with Crippen molar-refractivity contribution < 1.29 is 14.3 Å². The Morgan fingerprint density at radius 2 is 1.96 bits per heavy atom. The number of piperazine rings is 1. The Morgan fingerprint density at radius 3 is 2.54 bits per heavy atom. The predicted octanol–water partition coefficient (Wildman–Crippen LogP) is 2.62. The molecule has 2 aromatic rings. The van der Waals surface area contributed by atoms with Crippen molar-refractivity contribution in [3.05, 3.63) is 53.3 Å². The molecule has 1 aromatic heterocycles. The molecule has 2 heterocycles. The van der Waals surface area contributed by atoms with Crippen LogP contribution >= 0.6 is 12.4 Å². The van der Waals surface area contributed by atoms with E-state index in [1.165, 1.54) is 0 Å². The van der Waals surface area contributed by atoms with Gasteiger partial charge in [0.2, 0.25) is 0 Å². The fraction of sp³-hybridized carbons (Fsp3) is 0.368. The van der Waals surface area contributed by atoms with E-state index in [1.54, 1.807) is 32.5 Å². The van der Waals surface area contributed by atoms with Gasteiger partial charge in [0.05, 0.1) is 20.3 Å². The van der Waals surface area contributed by atoms with Crippen LogP contribution in [0.1, 0.15) is 27.5 Å². The number of carbonyl (C=O) groups excluding carboxylic acids is 1. The topological polar surface area (TPSA) is 63.7 Å². The SMILES string of the molecule is COc1cc(C(=O)N2CCNCC2c2cccnc2)cc(OC)c1C.Cl. The quantitative estimate of drug-likeness (QED) is 0.887. The summed E-state index contributed by atoms with van der Waals surface area (Å²) in [6.07, 6.45) is 3.55. The van der Waals surface area contributed by atoms with Crippen LogP contribution in [0.2, 0.25) is 0 Å². The molecule has 26 heavy (non-hydrogen) atoms. The molecule has 6 nitrogen and oxygen atoms in total. The zero-order valence-electron chi connectivity index (χ0n) is 15.2. The van der Waals surface area contributed by atoms with E-state index < -0.39 is 0 Å². The molecule has 0 bridgehead atoms. The summed E-state index contributed by atoms with van der Waals surface area (Å²) >= 11 is 0. The normalized spacial score (nSPS) is 16.6. The number of amides is 1. The zero-order chi connectivity index (χ0) is 17.8. The molecular weight excluding hydrogens is 354 g/mol. The highest BCUT2D eigenvalue weighted by molar-refractivity contribution is 5.95. The van der Waals surface area contributed by atoms with Gasteiger partial charge < -0.3 is 19.7 Å². The summed E-state index contributed by atoms with van der Waals surface area (Å²) < 4.78 is 10.8. The average molecular weight is 378 g/mol. The van der Waals surface area contributed by atoms with E-state index in [9.17, 15) is 4.79 Å². The molecule has 1 aliphatic heterocycles. The molecule has 0 radical (unpaired) electrons. The van der Waals surface area contributed by atoms with E-state index in [4.69, 9.17) is 9.47 Å². The molecule has 1 N–H and O–H groups in total. The number of hydrogen-bond donors (Lipinski definition) is 1. The minimum Gasteiger partial charge on any atom is -0.496 e. The van der Waals surface area contributed by atoms with Gasteiger partial charge in [0.25, 0.3) is 5.91 Å². The van der Waals surface area contributed by atoms with Crippen molar-refractivity contribution in [2.24, 2.45) is 0 Å². The van der Waals surface area contributed by atoms with Gasteiger partial charge in [-0.15, -0.1) is 12.4 Å². The van der Waals surface area contributed by atoms with Gasteiger partial charge in [0, 0.05) is 43.2 Å². The van der Waals surface area contributed by atoms with Crippen LogP contribution in [0.15, 0.2) is 36.7 Å². The van der Waals surface area contributed by atoms with Gasteiger partial charge in [0.1, 0.15) is 11.5 Å². The lowest BCUT2D eigenvalue weighted by Gasteiger charge is -2.36. The number of aromatic nitrogens is 1. The zero-order valence-corrected chi connectivity index (χ0v) is 16.0. The van der Waals surface area contributed by atoms with Gasteiger partial charge in [-0.25, -0.2) is 0 Å². The number of methoxy groups -OCH3 is 2. The standard InChI is InChI=1S/C19H23N3O3.ClH/c1-13-17(24-2)9-15(10-18(13)25-3)19(23)22-8-7-21-12-16(22)14-5-4-6-20-11-14;/h4-6,9-11,16,21H,7-8,12H2,1-3H3;1H. The minimum absolute atomic E-state index is 0. The van der Waals surface area contributed by atoms with Crippen LogP contribution in [0, 0.1) is 6.92 Å². The average Bonchev–Trinajstić information content (AvgIpc) is 2.68. The predicted molar refractivity (Wildman–Crippen MR) is 102 cm³/mol. The molecule has 0 saturated carbocycles. The van der Waals surface area contributed by atoms with Gasteiger partial charge >= 0.3 is 0 Å². The maximum atomic E-state index is 13.2. The number of pyridine rings is 1. The number of carbonyl (C=O) groups is 1. The minimum atomic E-state index is -0.0479. The van der Waals surface area contributed by atoms with Crippen LogP contribution in [-0.4, -0.2) is 49.6 Å².